The van der Waals surface area contributed by atoms with E-state index in [4.69, 9.17) is 27.5 Å². The van der Waals surface area contributed by atoms with Crippen molar-refractivity contribution in [1.29, 1.82) is 0 Å². The van der Waals surface area contributed by atoms with Crippen LogP contribution in [-0.2, 0) is 24.1 Å². The smallest absolute Gasteiger partial charge is 0.504 e. The van der Waals surface area contributed by atoms with Crippen molar-refractivity contribution in [2.45, 2.75) is 39.3 Å². The van der Waals surface area contributed by atoms with Crippen molar-refractivity contribution in [3.05, 3.63) is 53.3 Å². The third-order valence-corrected chi connectivity index (χ3v) is 6.09. The number of unbranched alkanes of at least 4 members (excludes halogenated alkanes) is 1. The van der Waals surface area contributed by atoms with Crippen LogP contribution in [0, 0.1) is 0 Å². The number of benzene rings is 2. The van der Waals surface area contributed by atoms with Gasteiger partial charge in [-0.25, -0.2) is 19.5 Å². The van der Waals surface area contributed by atoms with E-state index in [2.05, 4.69) is 22.1 Å². The number of nitrogen functional groups attached to an aromatic ring is 1. The molecule has 2 aromatic heterocycles. The van der Waals surface area contributed by atoms with Gasteiger partial charge in [-0.05, 0) is 42.4 Å². The Morgan fingerprint density at radius 2 is 2.06 bits per heavy atom. The van der Waals surface area contributed by atoms with Crippen LogP contribution >= 0.6 is 20.0 Å². The summed E-state index contributed by atoms with van der Waals surface area (Å²) in [5.74, 6) is 0.343. The molecule has 35 heavy (non-hydrogen) atoms. The van der Waals surface area contributed by atoms with E-state index in [1.165, 1.54) is 6.07 Å². The maximum Gasteiger partial charge on any atom is 0.524 e. The number of thiocarbonyl (C=S) groups is 1. The highest BCUT2D eigenvalue weighted by Gasteiger charge is 2.24. The van der Waals surface area contributed by atoms with Crippen molar-refractivity contribution in [2.75, 3.05) is 5.73 Å². The molecule has 2 heterocycles. The van der Waals surface area contributed by atoms with Crippen LogP contribution in [0.5, 0.6) is 11.5 Å². The Labute approximate surface area is 206 Å². The lowest BCUT2D eigenvalue weighted by Crippen LogP contribution is -2.07. The number of fused-ring (bicyclic) bond motifs is 3. The van der Waals surface area contributed by atoms with Crippen LogP contribution < -0.4 is 10.3 Å². The van der Waals surface area contributed by atoms with Crippen molar-refractivity contribution in [3.8, 4) is 11.5 Å². The molecular formula is C23H24N5O5PS. The monoisotopic (exact) mass is 513 g/mol. The van der Waals surface area contributed by atoms with Crippen molar-refractivity contribution in [1.82, 2.24) is 14.5 Å². The molecule has 10 nitrogen and oxygen atoms in total. The first-order chi connectivity index (χ1) is 16.7. The van der Waals surface area contributed by atoms with E-state index in [1.54, 1.807) is 12.1 Å². The maximum absolute atomic E-state index is 11.6. The van der Waals surface area contributed by atoms with Crippen LogP contribution in [0.1, 0.15) is 36.7 Å². The second kappa shape index (κ2) is 10.1. The van der Waals surface area contributed by atoms with Gasteiger partial charge in [0.2, 0.25) is 0 Å². The van der Waals surface area contributed by atoms with Crippen LogP contribution in [0.15, 0.2) is 41.4 Å². The molecule has 0 atom stereocenters. The summed E-state index contributed by atoms with van der Waals surface area (Å²) < 4.78 is 18.3. The number of phenolic OH excluding ortho intramolecular Hbond substituents is 1. The third kappa shape index (κ3) is 5.35. The molecule has 0 aliphatic rings. The van der Waals surface area contributed by atoms with Crippen molar-refractivity contribution >= 4 is 53.0 Å². The molecule has 12 heteroatoms. The SMILES string of the molecule is CCCCc1nc2c(N)nc3ccc(CN=C=S)cc3c2n1Cc1cccc(O)c1OP(=O)(O)O. The number of phosphoric ester groups is 1. The Hall–Kier alpha value is -3.33. The third-order valence-electron chi connectivity index (χ3n) is 5.54. The fourth-order valence-corrected chi connectivity index (χ4v) is 4.53. The molecule has 0 radical (unpaired) electrons. The second-order valence-electron chi connectivity index (χ2n) is 8.02. The Bertz CT molecular complexity index is 1510. The lowest BCUT2D eigenvalue weighted by atomic mass is 10.1. The Morgan fingerprint density at radius 3 is 2.77 bits per heavy atom. The highest BCUT2D eigenvalue weighted by molar-refractivity contribution is 7.78. The summed E-state index contributed by atoms with van der Waals surface area (Å²) in [7, 11) is -4.91. The average molecular weight is 514 g/mol. The van der Waals surface area contributed by atoms with Gasteiger partial charge >= 0.3 is 7.82 Å². The van der Waals surface area contributed by atoms with Gasteiger partial charge in [0.05, 0.1) is 29.3 Å². The molecule has 4 rings (SSSR count). The minimum atomic E-state index is -4.91. The number of imidazole rings is 1. The summed E-state index contributed by atoms with van der Waals surface area (Å²) in [6, 6.07) is 10.2. The maximum atomic E-state index is 11.6. The van der Waals surface area contributed by atoms with Gasteiger partial charge in [-0.1, -0.05) is 31.5 Å². The van der Waals surface area contributed by atoms with Gasteiger partial charge in [0.25, 0.3) is 0 Å². The lowest BCUT2D eigenvalue weighted by molar-refractivity contribution is 0.276. The first kappa shape index (κ1) is 24.8. The number of hydrogen-bond donors (Lipinski definition) is 4. The van der Waals surface area contributed by atoms with E-state index in [1.807, 2.05) is 22.8 Å². The molecule has 0 unspecified atom stereocenters. The number of phenols is 1. The number of aryl methyl sites for hydroxylation is 1. The topological polar surface area (TPSA) is 156 Å². The summed E-state index contributed by atoms with van der Waals surface area (Å²) >= 11 is 4.69. The number of aromatic nitrogens is 3. The zero-order chi connectivity index (χ0) is 25.2. The lowest BCUT2D eigenvalue weighted by Gasteiger charge is -2.16. The molecule has 0 saturated carbocycles. The molecule has 0 spiro atoms. The van der Waals surface area contributed by atoms with Crippen molar-refractivity contribution in [3.63, 3.8) is 0 Å². The number of anilines is 1. The summed E-state index contributed by atoms with van der Waals surface area (Å²) in [6.07, 6.45) is 2.46. The molecule has 0 bridgehead atoms. The van der Waals surface area contributed by atoms with E-state index in [0.717, 1.165) is 35.1 Å². The van der Waals surface area contributed by atoms with E-state index >= 15 is 0 Å². The van der Waals surface area contributed by atoms with Crippen LogP contribution in [0.2, 0.25) is 0 Å². The molecule has 0 fully saturated rings. The normalized spacial score (nSPS) is 11.6. The van der Waals surface area contributed by atoms with Crippen LogP contribution in [0.4, 0.5) is 5.82 Å². The predicted octanol–water partition coefficient (Wildman–Crippen LogP) is 4.34. The largest absolute Gasteiger partial charge is 0.524 e. The summed E-state index contributed by atoms with van der Waals surface area (Å²) in [6.45, 7) is 2.55. The van der Waals surface area contributed by atoms with Gasteiger partial charge in [-0.15, -0.1) is 0 Å². The Morgan fingerprint density at radius 1 is 1.26 bits per heavy atom. The predicted molar refractivity (Wildman–Crippen MR) is 137 cm³/mol. The molecule has 0 saturated heterocycles. The minimum absolute atomic E-state index is 0.125. The first-order valence-corrected chi connectivity index (χ1v) is 12.8. The number of rotatable bonds is 9. The van der Waals surface area contributed by atoms with Gasteiger partial charge in [0.1, 0.15) is 11.3 Å². The van der Waals surface area contributed by atoms with E-state index in [-0.39, 0.29) is 23.9 Å². The summed E-state index contributed by atoms with van der Waals surface area (Å²) in [5.41, 5.74) is 9.46. The average Bonchev–Trinajstić information content (AvgIpc) is 3.17. The highest BCUT2D eigenvalue weighted by atomic mass is 32.1. The quantitative estimate of drug-likeness (QED) is 0.145. The fourth-order valence-electron chi connectivity index (χ4n) is 4.01. The van der Waals surface area contributed by atoms with Gasteiger partial charge in [-0.2, -0.15) is 0 Å². The van der Waals surface area contributed by atoms with E-state index < -0.39 is 7.82 Å². The number of isothiocyanates is 1. The molecule has 0 amide bonds. The zero-order valence-electron chi connectivity index (χ0n) is 18.9. The van der Waals surface area contributed by atoms with Gasteiger partial charge in [0, 0.05) is 17.4 Å². The molecule has 0 aliphatic heterocycles. The van der Waals surface area contributed by atoms with E-state index in [9.17, 15) is 19.5 Å². The molecule has 5 N–H and O–H groups in total. The number of aliphatic imine (C=N–C) groups is 1. The first-order valence-electron chi connectivity index (χ1n) is 10.9. The zero-order valence-corrected chi connectivity index (χ0v) is 20.6. The number of aromatic hydroxyl groups is 1. The standard InChI is InChI=1S/C23H24N5O5PS/c1-2-3-7-19-27-20-21(16-10-14(11-25-13-35)8-9-17(16)26-23(20)24)28(19)12-15-5-4-6-18(29)22(15)33-34(30,31)32/h4-6,8-10,29H,2-3,7,11-12H2,1H3,(H2,24,26)(H2,30,31,32). The number of para-hydroxylation sites is 1. The van der Waals surface area contributed by atoms with Gasteiger partial charge in [-0.3, -0.25) is 9.79 Å². The van der Waals surface area contributed by atoms with Crippen LogP contribution in [0.3, 0.4) is 0 Å². The minimum Gasteiger partial charge on any atom is -0.504 e. The highest BCUT2D eigenvalue weighted by Crippen LogP contribution is 2.44. The molecular weight excluding hydrogens is 489 g/mol. The molecule has 2 aromatic carbocycles. The molecule has 0 aliphatic carbocycles. The molecule has 182 valence electrons. The van der Waals surface area contributed by atoms with Crippen molar-refractivity contribution < 1.29 is 24.0 Å². The van der Waals surface area contributed by atoms with Crippen LogP contribution in [-0.4, -0.2) is 34.6 Å². The van der Waals surface area contributed by atoms with Gasteiger partial charge in [0.15, 0.2) is 17.3 Å². The summed E-state index contributed by atoms with van der Waals surface area (Å²) in [5, 5.41) is 13.5. The van der Waals surface area contributed by atoms with Crippen LogP contribution in [0.25, 0.3) is 21.9 Å². The van der Waals surface area contributed by atoms with Crippen molar-refractivity contribution in [2.24, 2.45) is 4.99 Å². The van der Waals surface area contributed by atoms with Gasteiger partial charge < -0.3 is 19.9 Å². The second-order valence-corrected chi connectivity index (χ2v) is 9.36. The van der Waals surface area contributed by atoms with E-state index in [0.29, 0.717) is 29.6 Å². The number of phosphoric acid groups is 1. The summed E-state index contributed by atoms with van der Waals surface area (Å²) in [4.78, 5) is 32.1. The Kier molecular flexibility index (Phi) is 7.16. The number of hydrogen-bond acceptors (Lipinski definition) is 8. The number of nitrogens with zero attached hydrogens (tertiary/aromatic N) is 4. The molecule has 4 aromatic rings. The number of pyridine rings is 1. The number of nitrogens with two attached hydrogens (primary N) is 1. The fraction of sp³-hybridized carbons (Fsp3) is 0.261. The Balaban J connectivity index is 1.98.